The quantitative estimate of drug-likeness (QED) is 0.490. The summed E-state index contributed by atoms with van der Waals surface area (Å²) in [6, 6.07) is 2.77. The number of amides is 1. The van der Waals surface area contributed by atoms with E-state index in [0.29, 0.717) is 5.75 Å². The minimum absolute atomic E-state index is 0.250. The van der Waals surface area contributed by atoms with Gasteiger partial charge < -0.3 is 10.5 Å². The summed E-state index contributed by atoms with van der Waals surface area (Å²) < 4.78 is 16.8. The second-order valence-electron chi connectivity index (χ2n) is 1.66. The first-order valence-corrected chi connectivity index (χ1v) is 3.05. The molecule has 4 nitrogen and oxygen atoms in total. The summed E-state index contributed by atoms with van der Waals surface area (Å²) in [4.78, 5) is 11.9. The standard InChI is InChI=1S/C6H6FNO.CH3NO/c1-9-5-2-3-6(7)8-4-5;2-1-3/h2-4H,1H3;1H,(H2,2,3). The highest BCUT2D eigenvalue weighted by molar-refractivity contribution is 5.42. The van der Waals surface area contributed by atoms with Gasteiger partial charge >= 0.3 is 0 Å². The minimum atomic E-state index is -0.490. The first kappa shape index (κ1) is 10.3. The van der Waals surface area contributed by atoms with Crippen molar-refractivity contribution < 1.29 is 13.9 Å². The molecule has 0 spiro atoms. The number of primary amides is 1. The normalized spacial score (nSPS) is 7.83. The predicted octanol–water partition coefficient (Wildman–Crippen LogP) is 0.331. The van der Waals surface area contributed by atoms with E-state index < -0.39 is 5.95 Å². The van der Waals surface area contributed by atoms with E-state index in [0.717, 1.165) is 0 Å². The minimum Gasteiger partial charge on any atom is -0.495 e. The van der Waals surface area contributed by atoms with E-state index in [1.165, 1.54) is 25.4 Å². The molecule has 0 unspecified atom stereocenters. The monoisotopic (exact) mass is 172 g/mol. The van der Waals surface area contributed by atoms with Gasteiger partial charge in [-0.05, 0) is 12.1 Å². The van der Waals surface area contributed by atoms with Crippen molar-refractivity contribution in [1.29, 1.82) is 0 Å². The van der Waals surface area contributed by atoms with E-state index in [1.807, 2.05) is 0 Å². The number of carbonyl (C=O) groups is 1. The lowest BCUT2D eigenvalue weighted by atomic mass is 10.5. The van der Waals surface area contributed by atoms with Gasteiger partial charge in [-0.25, -0.2) is 4.98 Å². The molecule has 0 aliphatic carbocycles. The average Bonchev–Trinajstić information content (AvgIpc) is 2.07. The summed E-state index contributed by atoms with van der Waals surface area (Å²) in [5.41, 5.74) is 4.17. The molecule has 0 radical (unpaired) electrons. The van der Waals surface area contributed by atoms with Gasteiger partial charge in [-0.2, -0.15) is 4.39 Å². The summed E-state index contributed by atoms with van der Waals surface area (Å²) in [7, 11) is 1.51. The van der Waals surface area contributed by atoms with Crippen LogP contribution in [0.1, 0.15) is 0 Å². The van der Waals surface area contributed by atoms with Gasteiger partial charge in [0.2, 0.25) is 12.4 Å². The molecular weight excluding hydrogens is 163 g/mol. The highest BCUT2D eigenvalue weighted by Gasteiger charge is 1.89. The molecule has 0 aliphatic rings. The third-order valence-corrected chi connectivity index (χ3v) is 0.936. The van der Waals surface area contributed by atoms with Gasteiger partial charge in [-0.3, -0.25) is 4.79 Å². The molecule has 0 aliphatic heterocycles. The summed E-state index contributed by atoms with van der Waals surface area (Å²) in [6.45, 7) is 0. The van der Waals surface area contributed by atoms with Crippen LogP contribution < -0.4 is 10.5 Å². The van der Waals surface area contributed by atoms with Crippen LogP contribution in [0.25, 0.3) is 0 Å². The summed E-state index contributed by atoms with van der Waals surface area (Å²) >= 11 is 0. The fourth-order valence-corrected chi connectivity index (χ4v) is 0.483. The molecule has 0 atom stereocenters. The number of nitrogens with two attached hydrogens (primary N) is 1. The Morgan fingerprint density at radius 3 is 2.58 bits per heavy atom. The number of pyridine rings is 1. The van der Waals surface area contributed by atoms with Crippen molar-refractivity contribution in [2.24, 2.45) is 5.73 Å². The van der Waals surface area contributed by atoms with Crippen LogP contribution >= 0.6 is 0 Å². The zero-order chi connectivity index (χ0) is 9.40. The number of aromatic nitrogens is 1. The second kappa shape index (κ2) is 6.09. The van der Waals surface area contributed by atoms with Crippen LogP contribution in [0.5, 0.6) is 5.75 Å². The molecule has 1 aromatic heterocycles. The molecular formula is C7H9FN2O2. The Morgan fingerprint density at radius 2 is 2.25 bits per heavy atom. The molecule has 12 heavy (non-hydrogen) atoms. The Bertz CT molecular complexity index is 225. The molecule has 0 bridgehead atoms. The second-order valence-corrected chi connectivity index (χ2v) is 1.66. The third-order valence-electron chi connectivity index (χ3n) is 0.936. The van der Waals surface area contributed by atoms with Crippen LogP contribution in [0.3, 0.4) is 0 Å². The largest absolute Gasteiger partial charge is 0.495 e. The maximum Gasteiger partial charge on any atom is 0.213 e. The smallest absolute Gasteiger partial charge is 0.213 e. The van der Waals surface area contributed by atoms with Crippen molar-refractivity contribution in [2.75, 3.05) is 7.11 Å². The average molecular weight is 172 g/mol. The van der Waals surface area contributed by atoms with Gasteiger partial charge in [0.05, 0.1) is 13.3 Å². The van der Waals surface area contributed by atoms with Crippen LogP contribution in [0.2, 0.25) is 0 Å². The van der Waals surface area contributed by atoms with Crippen LogP contribution in [-0.4, -0.2) is 18.5 Å². The molecule has 2 N–H and O–H groups in total. The van der Waals surface area contributed by atoms with Gasteiger partial charge in [0.1, 0.15) is 5.75 Å². The van der Waals surface area contributed by atoms with Gasteiger partial charge in [0.25, 0.3) is 0 Å². The molecule has 0 fully saturated rings. The molecule has 0 saturated heterocycles. The van der Waals surface area contributed by atoms with E-state index in [-0.39, 0.29) is 6.41 Å². The topological polar surface area (TPSA) is 65.2 Å². The Hall–Kier alpha value is -1.65. The van der Waals surface area contributed by atoms with Crippen LogP contribution in [-0.2, 0) is 4.79 Å². The van der Waals surface area contributed by atoms with E-state index in [9.17, 15) is 4.39 Å². The molecule has 1 rings (SSSR count). The van der Waals surface area contributed by atoms with Gasteiger partial charge in [0, 0.05) is 0 Å². The molecule has 0 aromatic carbocycles. The molecule has 1 heterocycles. The maximum absolute atomic E-state index is 12.1. The van der Waals surface area contributed by atoms with Crippen molar-refractivity contribution in [2.45, 2.75) is 0 Å². The highest BCUT2D eigenvalue weighted by atomic mass is 19.1. The van der Waals surface area contributed by atoms with Gasteiger partial charge in [-0.15, -0.1) is 0 Å². The molecule has 0 saturated carbocycles. The lowest BCUT2D eigenvalue weighted by Crippen LogP contribution is -1.85. The number of rotatable bonds is 1. The van der Waals surface area contributed by atoms with E-state index in [1.54, 1.807) is 0 Å². The van der Waals surface area contributed by atoms with Crippen molar-refractivity contribution in [3.63, 3.8) is 0 Å². The van der Waals surface area contributed by atoms with Gasteiger partial charge in [0.15, 0.2) is 0 Å². The SMILES string of the molecule is COc1ccc(F)nc1.NC=O. The lowest BCUT2D eigenvalue weighted by molar-refractivity contribution is -0.106. The number of hydrogen-bond donors (Lipinski definition) is 1. The summed E-state index contributed by atoms with van der Waals surface area (Å²) in [5, 5.41) is 0. The van der Waals surface area contributed by atoms with Gasteiger partial charge in [-0.1, -0.05) is 0 Å². The summed E-state index contributed by atoms with van der Waals surface area (Å²) in [5.74, 6) is 0.0761. The fourth-order valence-electron chi connectivity index (χ4n) is 0.483. The third kappa shape index (κ3) is 4.21. The van der Waals surface area contributed by atoms with Crippen molar-refractivity contribution in [3.05, 3.63) is 24.3 Å². The Kier molecular flexibility index (Phi) is 5.25. The zero-order valence-corrected chi connectivity index (χ0v) is 6.53. The van der Waals surface area contributed by atoms with E-state index >= 15 is 0 Å². The lowest BCUT2D eigenvalue weighted by Gasteiger charge is -1.94. The van der Waals surface area contributed by atoms with Crippen molar-refractivity contribution >= 4 is 6.41 Å². The number of methoxy groups -OCH3 is 1. The van der Waals surface area contributed by atoms with E-state index in [4.69, 9.17) is 9.53 Å². The number of ether oxygens (including phenoxy) is 1. The molecule has 1 aromatic rings. The predicted molar refractivity (Wildman–Crippen MR) is 41.0 cm³/mol. The Morgan fingerprint density at radius 1 is 1.67 bits per heavy atom. The number of carbonyl (C=O) groups excluding carboxylic acids is 1. The number of halogens is 1. The summed E-state index contributed by atoms with van der Waals surface area (Å²) in [6.07, 6.45) is 1.58. The first-order valence-electron chi connectivity index (χ1n) is 3.05. The van der Waals surface area contributed by atoms with Crippen LogP contribution in [0, 0.1) is 5.95 Å². The highest BCUT2D eigenvalue weighted by Crippen LogP contribution is 2.05. The zero-order valence-electron chi connectivity index (χ0n) is 6.53. The number of hydrogen-bond acceptors (Lipinski definition) is 3. The van der Waals surface area contributed by atoms with Crippen LogP contribution in [0.15, 0.2) is 18.3 Å². The number of nitrogens with zero attached hydrogens (tertiary/aromatic N) is 1. The molecule has 66 valence electrons. The molecule has 5 heteroatoms. The fraction of sp³-hybridized carbons (Fsp3) is 0.143. The van der Waals surface area contributed by atoms with Crippen LogP contribution in [0.4, 0.5) is 4.39 Å². The Labute approximate surface area is 69.2 Å². The first-order chi connectivity index (χ1) is 5.74. The maximum atomic E-state index is 12.1. The van der Waals surface area contributed by atoms with Crippen molar-refractivity contribution in [1.82, 2.24) is 4.98 Å². The Balaban J connectivity index is 0.000000354. The van der Waals surface area contributed by atoms with Crippen molar-refractivity contribution in [3.8, 4) is 5.75 Å². The molecule has 1 amide bonds. The van der Waals surface area contributed by atoms with E-state index in [2.05, 4.69) is 10.7 Å².